The second-order valence-electron chi connectivity index (χ2n) is 6.31. The predicted octanol–water partition coefficient (Wildman–Crippen LogP) is 5.02. The van der Waals surface area contributed by atoms with E-state index in [1.807, 2.05) is 38.1 Å². The summed E-state index contributed by atoms with van der Waals surface area (Å²) in [6.07, 6.45) is 1.24. The van der Waals surface area contributed by atoms with Gasteiger partial charge in [-0.05, 0) is 49.2 Å². The molecule has 0 radical (unpaired) electrons. The predicted molar refractivity (Wildman–Crippen MR) is 107 cm³/mol. The van der Waals surface area contributed by atoms with Gasteiger partial charge in [0.2, 0.25) is 0 Å². The molecule has 3 rings (SSSR count). The van der Waals surface area contributed by atoms with Crippen LogP contribution >= 0.6 is 15.9 Å². The van der Waals surface area contributed by atoms with E-state index in [1.54, 1.807) is 24.3 Å². The summed E-state index contributed by atoms with van der Waals surface area (Å²) in [6, 6.07) is 14.7. The van der Waals surface area contributed by atoms with E-state index in [2.05, 4.69) is 20.9 Å². The van der Waals surface area contributed by atoms with Crippen molar-refractivity contribution in [2.45, 2.75) is 31.6 Å². The standard InChI is InChI=1S/C20H20BrNO3S/c1-14-6-8-18(9-7-14)26(23,24)25-11-10-19-15(2)12-20(22-19)16-4-3-5-17(21)13-16/h3-9,13H,10-12H2,1-2H3. The van der Waals surface area contributed by atoms with Gasteiger partial charge in [-0.1, -0.05) is 45.8 Å². The topological polar surface area (TPSA) is 55.7 Å². The highest BCUT2D eigenvalue weighted by Gasteiger charge is 2.19. The van der Waals surface area contributed by atoms with E-state index < -0.39 is 10.1 Å². The zero-order chi connectivity index (χ0) is 18.7. The highest BCUT2D eigenvalue weighted by atomic mass is 79.9. The van der Waals surface area contributed by atoms with Crippen molar-refractivity contribution < 1.29 is 12.6 Å². The Morgan fingerprint density at radius 2 is 1.85 bits per heavy atom. The number of aliphatic imine (C=N–C) groups is 1. The van der Waals surface area contributed by atoms with Crippen molar-refractivity contribution in [3.05, 3.63) is 75.4 Å². The Labute approximate surface area is 162 Å². The van der Waals surface area contributed by atoms with Crippen LogP contribution in [0.2, 0.25) is 0 Å². The van der Waals surface area contributed by atoms with Crippen LogP contribution in [0.1, 0.15) is 30.9 Å². The minimum atomic E-state index is -3.73. The molecular formula is C20H20BrNO3S. The Morgan fingerprint density at radius 3 is 2.54 bits per heavy atom. The minimum Gasteiger partial charge on any atom is -0.266 e. The first-order chi connectivity index (χ1) is 12.3. The zero-order valence-electron chi connectivity index (χ0n) is 14.7. The number of hydrogen-bond acceptors (Lipinski definition) is 4. The van der Waals surface area contributed by atoms with Crippen LogP contribution in [0.15, 0.2) is 74.2 Å². The van der Waals surface area contributed by atoms with Gasteiger partial charge >= 0.3 is 0 Å². The van der Waals surface area contributed by atoms with Gasteiger partial charge in [0.15, 0.2) is 0 Å². The number of aryl methyl sites for hydroxylation is 1. The second-order valence-corrected chi connectivity index (χ2v) is 8.84. The molecule has 2 aromatic carbocycles. The van der Waals surface area contributed by atoms with Gasteiger partial charge in [-0.3, -0.25) is 9.18 Å². The summed E-state index contributed by atoms with van der Waals surface area (Å²) in [4.78, 5) is 4.86. The maximum absolute atomic E-state index is 12.2. The molecule has 0 aliphatic carbocycles. The van der Waals surface area contributed by atoms with Crippen LogP contribution < -0.4 is 0 Å². The summed E-state index contributed by atoms with van der Waals surface area (Å²) in [5.41, 5.74) is 5.13. The summed E-state index contributed by atoms with van der Waals surface area (Å²) < 4.78 is 30.7. The zero-order valence-corrected chi connectivity index (χ0v) is 17.1. The van der Waals surface area contributed by atoms with Crippen LogP contribution in [0.4, 0.5) is 0 Å². The number of rotatable bonds is 6. The molecular weight excluding hydrogens is 414 g/mol. The van der Waals surface area contributed by atoms with Gasteiger partial charge in [-0.25, -0.2) is 0 Å². The van der Waals surface area contributed by atoms with Gasteiger partial charge in [0.25, 0.3) is 10.1 Å². The van der Waals surface area contributed by atoms with Gasteiger partial charge in [0.1, 0.15) is 0 Å². The van der Waals surface area contributed by atoms with E-state index in [0.29, 0.717) is 6.42 Å². The molecule has 6 heteroatoms. The van der Waals surface area contributed by atoms with E-state index in [-0.39, 0.29) is 11.5 Å². The van der Waals surface area contributed by atoms with Crippen LogP contribution in [-0.4, -0.2) is 20.7 Å². The molecule has 0 bridgehead atoms. The third kappa shape index (κ3) is 4.50. The van der Waals surface area contributed by atoms with Crippen molar-refractivity contribution in [3.8, 4) is 0 Å². The van der Waals surface area contributed by atoms with Crippen LogP contribution in [0, 0.1) is 6.92 Å². The van der Waals surface area contributed by atoms with Crippen molar-refractivity contribution in [2.75, 3.05) is 6.61 Å². The molecule has 2 aromatic rings. The molecule has 136 valence electrons. The number of nitrogens with zero attached hydrogens (tertiary/aromatic N) is 1. The summed E-state index contributed by atoms with van der Waals surface area (Å²) in [5, 5.41) is 0. The molecule has 1 aliphatic rings. The molecule has 0 unspecified atom stereocenters. The van der Waals surface area contributed by atoms with Crippen LogP contribution in [0.5, 0.6) is 0 Å². The van der Waals surface area contributed by atoms with Crippen LogP contribution in [-0.2, 0) is 14.3 Å². The van der Waals surface area contributed by atoms with E-state index in [0.717, 1.165) is 39.0 Å². The Hall–Kier alpha value is -1.76. The number of hydrogen-bond donors (Lipinski definition) is 0. The Kier molecular flexibility index (Phi) is 5.75. The SMILES string of the molecule is CC1=C(CCOS(=O)(=O)c2ccc(C)cc2)N=C(c2cccc(Br)c2)C1. The molecule has 0 N–H and O–H groups in total. The first-order valence-electron chi connectivity index (χ1n) is 8.33. The smallest absolute Gasteiger partial charge is 0.266 e. The quantitative estimate of drug-likeness (QED) is 0.600. The van der Waals surface area contributed by atoms with Crippen LogP contribution in [0.3, 0.4) is 0 Å². The lowest BCUT2D eigenvalue weighted by molar-refractivity contribution is 0.321. The van der Waals surface area contributed by atoms with E-state index in [9.17, 15) is 8.42 Å². The first kappa shape index (κ1) is 19.0. The maximum atomic E-state index is 12.2. The Bertz CT molecular complexity index is 976. The lowest BCUT2D eigenvalue weighted by Crippen LogP contribution is -2.08. The van der Waals surface area contributed by atoms with Gasteiger partial charge in [0, 0.05) is 23.0 Å². The van der Waals surface area contributed by atoms with Crippen molar-refractivity contribution in [3.63, 3.8) is 0 Å². The van der Waals surface area contributed by atoms with Gasteiger partial charge in [-0.15, -0.1) is 0 Å². The number of benzene rings is 2. The summed E-state index contributed by atoms with van der Waals surface area (Å²) >= 11 is 3.47. The monoisotopic (exact) mass is 433 g/mol. The third-order valence-corrected chi connectivity index (χ3v) is 6.06. The van der Waals surface area contributed by atoms with Gasteiger partial charge in [0.05, 0.1) is 17.2 Å². The van der Waals surface area contributed by atoms with E-state index in [4.69, 9.17) is 4.18 Å². The molecule has 0 saturated carbocycles. The Morgan fingerprint density at radius 1 is 1.12 bits per heavy atom. The number of allylic oxidation sites excluding steroid dienone is 1. The van der Waals surface area contributed by atoms with Crippen LogP contribution in [0.25, 0.3) is 0 Å². The van der Waals surface area contributed by atoms with E-state index >= 15 is 0 Å². The summed E-state index contributed by atoms with van der Waals surface area (Å²) in [6.45, 7) is 4.02. The lowest BCUT2D eigenvalue weighted by Gasteiger charge is -2.06. The molecule has 0 saturated heterocycles. The van der Waals surface area contributed by atoms with Gasteiger partial charge in [-0.2, -0.15) is 8.42 Å². The fourth-order valence-corrected chi connectivity index (χ4v) is 4.08. The molecule has 0 atom stereocenters. The van der Waals surface area contributed by atoms with Crippen molar-refractivity contribution in [1.29, 1.82) is 0 Å². The van der Waals surface area contributed by atoms with Crippen molar-refractivity contribution in [1.82, 2.24) is 0 Å². The van der Waals surface area contributed by atoms with Crippen molar-refractivity contribution >= 4 is 31.8 Å². The summed E-state index contributed by atoms with van der Waals surface area (Å²) in [5.74, 6) is 0. The lowest BCUT2D eigenvalue weighted by atomic mass is 10.0. The second kappa shape index (κ2) is 7.86. The highest BCUT2D eigenvalue weighted by Crippen LogP contribution is 2.27. The molecule has 1 aliphatic heterocycles. The Balaban J connectivity index is 1.64. The third-order valence-electron chi connectivity index (χ3n) is 4.24. The molecule has 4 nitrogen and oxygen atoms in total. The average molecular weight is 434 g/mol. The van der Waals surface area contributed by atoms with Gasteiger partial charge < -0.3 is 0 Å². The molecule has 0 spiro atoms. The first-order valence-corrected chi connectivity index (χ1v) is 10.5. The molecule has 0 fully saturated rings. The largest absolute Gasteiger partial charge is 0.296 e. The molecule has 0 aromatic heterocycles. The number of halogens is 1. The van der Waals surface area contributed by atoms with Crippen molar-refractivity contribution in [2.24, 2.45) is 4.99 Å². The average Bonchev–Trinajstić information content (AvgIpc) is 2.96. The fourth-order valence-electron chi connectivity index (χ4n) is 2.78. The molecule has 0 amide bonds. The molecule has 26 heavy (non-hydrogen) atoms. The van der Waals surface area contributed by atoms with E-state index in [1.165, 1.54) is 0 Å². The molecule has 1 heterocycles. The summed E-state index contributed by atoms with van der Waals surface area (Å²) in [7, 11) is -3.73. The normalized spacial score (nSPS) is 14.7. The minimum absolute atomic E-state index is 0.0815. The maximum Gasteiger partial charge on any atom is 0.296 e. The fraction of sp³-hybridized carbons (Fsp3) is 0.250. The highest BCUT2D eigenvalue weighted by molar-refractivity contribution is 9.10.